The number of aromatic hydroxyl groups is 1. The molecule has 0 aliphatic rings. The molecule has 0 spiro atoms. The van der Waals surface area contributed by atoms with Gasteiger partial charge in [0.15, 0.2) is 0 Å². The van der Waals surface area contributed by atoms with E-state index in [-0.39, 0.29) is 12.4 Å². The van der Waals surface area contributed by atoms with Crippen LogP contribution in [0.3, 0.4) is 0 Å². The molecule has 66 valence electrons. The van der Waals surface area contributed by atoms with Crippen molar-refractivity contribution < 1.29 is 9.50 Å². The minimum Gasteiger partial charge on any atom is -0.508 e. The minimum absolute atomic E-state index is 0.222. The Hall–Kier alpha value is -1.25. The van der Waals surface area contributed by atoms with E-state index in [0.29, 0.717) is 13.0 Å². The van der Waals surface area contributed by atoms with E-state index in [1.54, 1.807) is 18.2 Å². The highest BCUT2D eigenvalue weighted by molar-refractivity contribution is 5.47. The van der Waals surface area contributed by atoms with Crippen LogP contribution in [0, 0.1) is 0 Å². The Balaban J connectivity index is 2.41. The lowest BCUT2D eigenvalue weighted by atomic mass is 10.3. The maximum Gasteiger partial charge on any atom is 0.117 e. The van der Waals surface area contributed by atoms with E-state index in [9.17, 15) is 4.39 Å². The van der Waals surface area contributed by atoms with Gasteiger partial charge in [0.1, 0.15) is 5.75 Å². The molecule has 0 aliphatic heterocycles. The third kappa shape index (κ3) is 2.78. The van der Waals surface area contributed by atoms with Gasteiger partial charge in [-0.05, 0) is 18.6 Å². The summed E-state index contributed by atoms with van der Waals surface area (Å²) in [5, 5.41) is 12.0. The van der Waals surface area contributed by atoms with Crippen LogP contribution in [0.15, 0.2) is 24.3 Å². The van der Waals surface area contributed by atoms with E-state index in [1.807, 2.05) is 6.07 Å². The highest BCUT2D eigenvalue weighted by Gasteiger charge is 1.92. The van der Waals surface area contributed by atoms with Gasteiger partial charge in [-0.15, -0.1) is 0 Å². The maximum atomic E-state index is 11.7. The molecule has 0 atom stereocenters. The van der Waals surface area contributed by atoms with Crippen LogP contribution in [0.1, 0.15) is 6.42 Å². The molecular weight excluding hydrogens is 157 g/mol. The Labute approximate surface area is 71.0 Å². The molecule has 2 nitrogen and oxygen atoms in total. The van der Waals surface area contributed by atoms with Crippen molar-refractivity contribution in [1.82, 2.24) is 0 Å². The first-order chi connectivity index (χ1) is 5.83. The number of rotatable bonds is 4. The number of alkyl halides is 1. The van der Waals surface area contributed by atoms with Gasteiger partial charge in [0.25, 0.3) is 0 Å². The summed E-state index contributed by atoms with van der Waals surface area (Å²) in [5.41, 5.74) is 0.823. The van der Waals surface area contributed by atoms with E-state index in [4.69, 9.17) is 5.11 Å². The topological polar surface area (TPSA) is 32.3 Å². The van der Waals surface area contributed by atoms with Crippen LogP contribution in [0.2, 0.25) is 0 Å². The summed E-state index contributed by atoms with van der Waals surface area (Å²) in [6.07, 6.45) is 0.496. The molecule has 3 heteroatoms. The van der Waals surface area contributed by atoms with Gasteiger partial charge in [-0.2, -0.15) is 0 Å². The van der Waals surface area contributed by atoms with Gasteiger partial charge < -0.3 is 10.4 Å². The van der Waals surface area contributed by atoms with Crippen molar-refractivity contribution in [3.63, 3.8) is 0 Å². The van der Waals surface area contributed by atoms with E-state index >= 15 is 0 Å². The molecule has 0 saturated heterocycles. The number of hydrogen-bond donors (Lipinski definition) is 2. The second kappa shape index (κ2) is 4.59. The number of benzene rings is 1. The predicted molar refractivity (Wildman–Crippen MR) is 47.2 cm³/mol. The zero-order valence-electron chi connectivity index (χ0n) is 6.76. The third-order valence-electron chi connectivity index (χ3n) is 1.49. The van der Waals surface area contributed by atoms with E-state index in [0.717, 1.165) is 5.69 Å². The molecule has 0 bridgehead atoms. The summed E-state index contributed by atoms with van der Waals surface area (Å²) in [5.74, 6) is 0.222. The average Bonchev–Trinajstić information content (AvgIpc) is 2.05. The molecule has 2 N–H and O–H groups in total. The molecule has 0 fully saturated rings. The Morgan fingerprint density at radius 2 is 2.25 bits per heavy atom. The number of anilines is 1. The van der Waals surface area contributed by atoms with Crippen molar-refractivity contribution >= 4 is 5.69 Å². The van der Waals surface area contributed by atoms with Crippen molar-refractivity contribution in [2.45, 2.75) is 6.42 Å². The van der Waals surface area contributed by atoms with Gasteiger partial charge >= 0.3 is 0 Å². The Morgan fingerprint density at radius 3 is 2.92 bits per heavy atom. The summed E-state index contributed by atoms with van der Waals surface area (Å²) < 4.78 is 11.7. The molecule has 0 unspecified atom stereocenters. The van der Waals surface area contributed by atoms with Gasteiger partial charge in [0.05, 0.1) is 6.67 Å². The van der Waals surface area contributed by atoms with Crippen LogP contribution in [-0.4, -0.2) is 18.3 Å². The fourth-order valence-corrected chi connectivity index (χ4v) is 0.915. The summed E-state index contributed by atoms with van der Waals surface area (Å²) in [6, 6.07) is 6.78. The van der Waals surface area contributed by atoms with Crippen LogP contribution in [0.25, 0.3) is 0 Å². The van der Waals surface area contributed by atoms with Crippen LogP contribution in [-0.2, 0) is 0 Å². The molecule has 1 aromatic rings. The quantitative estimate of drug-likeness (QED) is 0.677. The highest BCUT2D eigenvalue weighted by Crippen LogP contribution is 2.14. The molecule has 0 amide bonds. The third-order valence-corrected chi connectivity index (χ3v) is 1.49. The number of halogens is 1. The first-order valence-corrected chi connectivity index (χ1v) is 3.92. The molecule has 0 aliphatic carbocycles. The molecule has 0 aromatic heterocycles. The van der Waals surface area contributed by atoms with Gasteiger partial charge in [-0.1, -0.05) is 6.07 Å². The predicted octanol–water partition coefficient (Wildman–Crippen LogP) is 2.16. The largest absolute Gasteiger partial charge is 0.508 e. The smallest absolute Gasteiger partial charge is 0.117 e. The number of phenolic OH excluding ortho intramolecular Hbond substituents is 1. The average molecular weight is 169 g/mol. The zero-order chi connectivity index (χ0) is 8.81. The van der Waals surface area contributed by atoms with Crippen molar-refractivity contribution in [2.24, 2.45) is 0 Å². The lowest BCUT2D eigenvalue weighted by molar-refractivity contribution is 0.475. The summed E-state index contributed by atoms with van der Waals surface area (Å²) >= 11 is 0. The second-order valence-corrected chi connectivity index (χ2v) is 2.52. The fraction of sp³-hybridized carbons (Fsp3) is 0.333. The number of nitrogens with one attached hydrogen (secondary N) is 1. The van der Waals surface area contributed by atoms with E-state index in [1.165, 1.54) is 0 Å². The van der Waals surface area contributed by atoms with Crippen LogP contribution >= 0.6 is 0 Å². The highest BCUT2D eigenvalue weighted by atomic mass is 19.1. The summed E-state index contributed by atoms with van der Waals surface area (Å²) in [4.78, 5) is 0. The lowest BCUT2D eigenvalue weighted by Gasteiger charge is -2.04. The molecule has 0 saturated carbocycles. The van der Waals surface area contributed by atoms with Crippen molar-refractivity contribution in [2.75, 3.05) is 18.5 Å². The lowest BCUT2D eigenvalue weighted by Crippen LogP contribution is -2.01. The maximum absolute atomic E-state index is 11.7. The molecule has 12 heavy (non-hydrogen) atoms. The molecule has 0 heterocycles. The second-order valence-electron chi connectivity index (χ2n) is 2.52. The fourth-order valence-electron chi connectivity index (χ4n) is 0.915. The summed E-state index contributed by atoms with van der Waals surface area (Å²) in [6.45, 7) is 0.284. The van der Waals surface area contributed by atoms with Crippen molar-refractivity contribution in [3.8, 4) is 5.75 Å². The first kappa shape index (κ1) is 8.84. The van der Waals surface area contributed by atoms with Crippen LogP contribution in [0.4, 0.5) is 10.1 Å². The summed E-state index contributed by atoms with van der Waals surface area (Å²) in [7, 11) is 0. The number of hydrogen-bond acceptors (Lipinski definition) is 2. The monoisotopic (exact) mass is 169 g/mol. The van der Waals surface area contributed by atoms with Crippen molar-refractivity contribution in [1.29, 1.82) is 0 Å². The Bertz CT molecular complexity index is 240. The normalized spacial score (nSPS) is 9.75. The molecular formula is C9H12FNO. The molecule has 1 rings (SSSR count). The van der Waals surface area contributed by atoms with Gasteiger partial charge in [0.2, 0.25) is 0 Å². The van der Waals surface area contributed by atoms with E-state index in [2.05, 4.69) is 5.32 Å². The van der Waals surface area contributed by atoms with E-state index < -0.39 is 0 Å². The Morgan fingerprint density at radius 1 is 1.42 bits per heavy atom. The van der Waals surface area contributed by atoms with Crippen LogP contribution in [0.5, 0.6) is 5.75 Å². The SMILES string of the molecule is Oc1cccc(NCCCF)c1. The zero-order valence-corrected chi connectivity index (χ0v) is 6.76. The molecule has 0 radical (unpaired) electrons. The van der Waals surface area contributed by atoms with Crippen molar-refractivity contribution in [3.05, 3.63) is 24.3 Å². The Kier molecular flexibility index (Phi) is 3.38. The number of phenols is 1. The van der Waals surface area contributed by atoms with Gasteiger partial charge in [-0.3, -0.25) is 4.39 Å². The first-order valence-electron chi connectivity index (χ1n) is 3.92. The van der Waals surface area contributed by atoms with Crippen LogP contribution < -0.4 is 5.32 Å². The standard InChI is InChI=1S/C9H12FNO/c10-5-2-6-11-8-3-1-4-9(12)7-8/h1,3-4,7,11-12H,2,5-6H2. The van der Waals surface area contributed by atoms with Gasteiger partial charge in [-0.25, -0.2) is 0 Å². The van der Waals surface area contributed by atoms with Gasteiger partial charge in [0, 0.05) is 18.3 Å². The molecule has 1 aromatic carbocycles. The minimum atomic E-state index is -0.314.